The molecule has 0 aromatic heterocycles. The van der Waals surface area contributed by atoms with Gasteiger partial charge in [0.1, 0.15) is 146 Å². The van der Waals surface area contributed by atoms with Crippen LogP contribution < -0.4 is 5.32 Å². The van der Waals surface area contributed by atoms with Crippen LogP contribution in [0, 0.1) is 50.2 Å². The van der Waals surface area contributed by atoms with Crippen molar-refractivity contribution in [3.8, 4) is 0 Å². The molecule has 0 radical (unpaired) electrons. The fourth-order valence-electron chi connectivity index (χ4n) is 21.5. The molecule has 0 unspecified atom stereocenters. The first-order chi connectivity index (χ1) is 55.2. The Kier molecular flexibility index (Phi) is 27.5. The van der Waals surface area contributed by atoms with Crippen LogP contribution in [-0.2, 0) is 85.4 Å². The van der Waals surface area contributed by atoms with Gasteiger partial charge in [-0.1, -0.05) is 90.4 Å². The molecule has 12 aliphatic rings. The lowest BCUT2D eigenvalue weighted by Crippen LogP contribution is -2.68. The second-order valence-electron chi connectivity index (χ2n) is 36.3. The molecule has 7 aliphatic heterocycles. The number of aliphatic hydroxyl groups excluding tert-OH is 18. The maximum atomic E-state index is 16.4. The molecule has 1 amide bonds. The Labute approximate surface area is 676 Å². The van der Waals surface area contributed by atoms with Crippen molar-refractivity contribution < 1.29 is 177 Å². The summed E-state index contributed by atoms with van der Waals surface area (Å²) in [6.45, 7) is 13.7. The largest absolute Gasteiger partial charge is 0.459 e. The highest BCUT2D eigenvalue weighted by molar-refractivity contribution is 5.87. The van der Waals surface area contributed by atoms with Gasteiger partial charge < -0.3 is 168 Å². The van der Waals surface area contributed by atoms with Crippen molar-refractivity contribution in [2.75, 3.05) is 39.6 Å². The summed E-state index contributed by atoms with van der Waals surface area (Å²) in [4.78, 5) is 43.5. The topological polar surface area (TPSA) is 566 Å². The van der Waals surface area contributed by atoms with Crippen LogP contribution in [0.4, 0.5) is 0 Å². The van der Waals surface area contributed by atoms with E-state index in [0.717, 1.165) is 11.1 Å². The number of fused-ring (bicyclic) bond motifs is 7. The molecular weight excluding hydrogens is 1550 g/mol. The maximum absolute atomic E-state index is 16.4. The van der Waals surface area contributed by atoms with Crippen LogP contribution in [0.2, 0.25) is 0 Å². The van der Waals surface area contributed by atoms with E-state index in [-0.39, 0.29) is 31.1 Å². The summed E-state index contributed by atoms with van der Waals surface area (Å²) in [5, 5.41) is 201. The van der Waals surface area contributed by atoms with Crippen molar-refractivity contribution in [3.05, 3.63) is 53.6 Å². The van der Waals surface area contributed by atoms with Crippen LogP contribution in [0.5, 0.6) is 0 Å². The second-order valence-corrected chi connectivity index (χ2v) is 36.3. The van der Waals surface area contributed by atoms with Gasteiger partial charge in [-0.3, -0.25) is 9.59 Å². The summed E-state index contributed by atoms with van der Waals surface area (Å²) in [6.07, 6.45) is -46.4. The Bertz CT molecular complexity index is 3620. The highest BCUT2D eigenvalue weighted by Crippen LogP contribution is 2.76. The number of carbonyl (C=O) groups is 3. The van der Waals surface area contributed by atoms with Crippen LogP contribution >= 0.6 is 0 Å². The van der Waals surface area contributed by atoms with E-state index in [9.17, 15) is 102 Å². The Morgan fingerprint density at radius 2 is 1.05 bits per heavy atom. The van der Waals surface area contributed by atoms with Crippen molar-refractivity contribution >= 4 is 23.9 Å². The molecule has 37 nitrogen and oxygen atoms in total. The lowest BCUT2D eigenvalue weighted by atomic mass is 9.33. The van der Waals surface area contributed by atoms with E-state index in [1.807, 2.05) is 44.2 Å². The van der Waals surface area contributed by atoms with Crippen LogP contribution in [0.25, 0.3) is 6.08 Å². The van der Waals surface area contributed by atoms with E-state index >= 15 is 4.79 Å². The predicted octanol–water partition coefficient (Wildman–Crippen LogP) is -4.24. The van der Waals surface area contributed by atoms with Gasteiger partial charge in [0.2, 0.25) is 12.2 Å². The summed E-state index contributed by atoms with van der Waals surface area (Å²) < 4.78 is 92.0. The normalized spacial score (nSPS) is 49.7. The van der Waals surface area contributed by atoms with Gasteiger partial charge in [-0.15, -0.1) is 0 Å². The average Bonchev–Trinajstić information content (AvgIpc) is 0.849. The molecule has 13 rings (SSSR count). The Morgan fingerprint density at radius 3 is 1.70 bits per heavy atom. The molecule has 117 heavy (non-hydrogen) atoms. The molecule has 4 saturated carbocycles. The minimum atomic E-state index is -2.17. The summed E-state index contributed by atoms with van der Waals surface area (Å²) in [6, 6.07) is 7.80. The van der Waals surface area contributed by atoms with E-state index < -0.39 is 305 Å². The number of hydrogen-bond acceptors (Lipinski definition) is 36. The summed E-state index contributed by atoms with van der Waals surface area (Å²) in [7, 11) is 0. The highest BCUT2D eigenvalue weighted by Gasteiger charge is 2.72. The van der Waals surface area contributed by atoms with Crippen molar-refractivity contribution in [1.82, 2.24) is 5.32 Å². The molecule has 662 valence electrons. The fraction of sp³-hybridized carbons (Fsp3) is 0.838. The van der Waals surface area contributed by atoms with E-state index in [0.29, 0.717) is 38.5 Å². The zero-order chi connectivity index (χ0) is 84.8. The molecule has 41 atom stereocenters. The number of ether oxygens (including phenoxy) is 15. The number of nitrogens with one attached hydrogen (secondary N) is 1. The molecular formula is C80H121NO36. The summed E-state index contributed by atoms with van der Waals surface area (Å²) in [5.41, 5.74) is -2.85. The Balaban J connectivity index is 0.772. The lowest BCUT2D eigenvalue weighted by molar-refractivity contribution is -0.390. The van der Waals surface area contributed by atoms with Gasteiger partial charge in [0.05, 0.1) is 57.3 Å². The number of carbonyl (C=O) groups excluding carboxylic acids is 3. The minimum Gasteiger partial charge on any atom is -0.459 e. The third-order valence-corrected chi connectivity index (χ3v) is 28.6. The molecule has 37 heteroatoms. The number of benzene rings is 1. The molecule has 7 heterocycles. The standard InChI is InChI=1S/C80H121NO36/c1-33-63(113-69-60(99)54(93)42(29-84)108-69)64(114-70-61(100)57(96)52(91)40(27-82)107-70)62(101)71(106-33)116-66-58(97)53(92)41(28-83)109-73(66)117-74(102)80-24-23-78(8)36(37(80)25-75(3,4)47(26-80)111-48(88)18-15-35-13-11-10-12-14-35)16-17-45-77(7)21-20-46(76(5,6)44(77)19-22-79(45,78)9)112-67-49(81-34(2)85)56(95)55(94)43(110-67)32-105-72-65(51(90)39(87)31-104-72)115-68-59(98)50(89)38(86)30-103-68/h10-16,18,33,37-47,49-73,82-84,86-87,89-101H,17,19-32H2,1-9H3,(H,81,85)/b18-15+/t33-,37-,38+,39-,40+,41+,42-,43+,44-,45+,46-,47-,49+,50-,51-,52+,53+,54-,55+,56+,57-,58-,59+,60+,61+,62+,63-,64-,65+,66+,67-,68-,69-,70-,71-,72-,73-,77-,78+,79+,80+/m0/s1. The first-order valence-corrected chi connectivity index (χ1v) is 40.7. The van der Waals surface area contributed by atoms with Crippen molar-refractivity contribution in [3.63, 3.8) is 0 Å². The monoisotopic (exact) mass is 1670 g/mol. The van der Waals surface area contributed by atoms with Gasteiger partial charge in [0.25, 0.3) is 0 Å². The number of esters is 2. The molecule has 0 bridgehead atoms. The number of amides is 1. The molecule has 5 aliphatic carbocycles. The highest BCUT2D eigenvalue weighted by atomic mass is 16.8. The third kappa shape index (κ3) is 16.9. The molecule has 1 aromatic rings. The van der Waals surface area contributed by atoms with Gasteiger partial charge in [-0.2, -0.15) is 0 Å². The van der Waals surface area contributed by atoms with Crippen LogP contribution in [0.3, 0.4) is 0 Å². The number of hydrogen-bond donors (Lipinski definition) is 19. The molecule has 19 N–H and O–H groups in total. The molecule has 11 fully saturated rings. The van der Waals surface area contributed by atoms with E-state index in [1.54, 1.807) is 6.08 Å². The summed E-state index contributed by atoms with van der Waals surface area (Å²) >= 11 is 0. The van der Waals surface area contributed by atoms with Gasteiger partial charge >= 0.3 is 11.9 Å². The number of allylic oxidation sites excluding steroid dienone is 2. The maximum Gasteiger partial charge on any atom is 0.331 e. The number of rotatable bonds is 22. The predicted molar refractivity (Wildman–Crippen MR) is 394 cm³/mol. The van der Waals surface area contributed by atoms with E-state index in [2.05, 4.69) is 46.0 Å². The first-order valence-electron chi connectivity index (χ1n) is 40.7. The van der Waals surface area contributed by atoms with Crippen LogP contribution in [-0.4, -0.2) is 358 Å². The number of aliphatic hydroxyl groups is 18. The molecule has 0 spiro atoms. The second kappa shape index (κ2) is 35.5. The lowest BCUT2D eigenvalue weighted by Gasteiger charge is -2.71. The SMILES string of the molecule is CC(=O)N[C@H]1[C@H](O[C@H]2CC[C@]3(C)[C@H]4CC=C5[C@@H]6CC(C)(C)[C@@H](OC(=O)/C=C/c7ccccc7)C[C@]6(C(=O)O[C@@H]6O[C@H](CO)[C@@H](O)[C@H](O)[C@H]6O[C@@H]6O[C@@H](C)[C@H](O[C@@H]7O[C@@H](CO)[C@H](O)[C@H]7O)[C@@H](O[C@@H]7O[C@H](CO)[C@@H](O)[C@H](O)[C@H]7O)[C@H]6O)CC[C@@]5(C)[C@]4(C)CC[C@H]3C2(C)C)O[C@H](CO[C@@H]2OC[C@H](O)[C@H](O)[C@H]2O[C@@H]2OC[C@@H](O)[C@H](O)[C@H]2O)[C@@H](O)[C@@H]1O. The Hall–Kier alpha value is -4.13. The quantitative estimate of drug-likeness (QED) is 0.0226. The molecule has 1 aromatic carbocycles. The van der Waals surface area contributed by atoms with Gasteiger partial charge in [-0.25, -0.2) is 4.79 Å². The van der Waals surface area contributed by atoms with E-state index in [1.165, 1.54) is 19.9 Å². The van der Waals surface area contributed by atoms with Gasteiger partial charge in [0.15, 0.2) is 43.8 Å². The van der Waals surface area contributed by atoms with Gasteiger partial charge in [0, 0.05) is 24.8 Å². The van der Waals surface area contributed by atoms with Crippen LogP contribution in [0.1, 0.15) is 126 Å². The minimum absolute atomic E-state index is 0.00429. The molecule has 7 saturated heterocycles. The summed E-state index contributed by atoms with van der Waals surface area (Å²) in [5.74, 6) is -2.80. The zero-order valence-electron chi connectivity index (χ0n) is 67.0. The van der Waals surface area contributed by atoms with E-state index in [4.69, 9.17) is 71.1 Å². The van der Waals surface area contributed by atoms with Crippen molar-refractivity contribution in [1.29, 1.82) is 0 Å². The zero-order valence-corrected chi connectivity index (χ0v) is 67.0. The van der Waals surface area contributed by atoms with Crippen molar-refractivity contribution in [2.24, 2.45) is 50.2 Å². The van der Waals surface area contributed by atoms with Crippen LogP contribution in [0.15, 0.2) is 48.1 Å². The fourth-order valence-corrected chi connectivity index (χ4v) is 21.5. The third-order valence-electron chi connectivity index (χ3n) is 28.6. The Morgan fingerprint density at radius 1 is 0.504 bits per heavy atom. The van der Waals surface area contributed by atoms with Gasteiger partial charge in [-0.05, 0) is 109 Å². The first kappa shape index (κ1) is 90.6. The average molecular weight is 1670 g/mol. The van der Waals surface area contributed by atoms with Crippen molar-refractivity contribution in [2.45, 2.75) is 329 Å². The smallest absolute Gasteiger partial charge is 0.331 e.